The number of carbonyl (C=O) groups excluding carboxylic acids is 2. The molecule has 0 aliphatic rings. The van der Waals surface area contributed by atoms with E-state index in [0.29, 0.717) is 0 Å². The van der Waals surface area contributed by atoms with Crippen LogP contribution in [0.2, 0.25) is 5.02 Å². The minimum atomic E-state index is -1.31. The Bertz CT molecular complexity index is 1160. The lowest BCUT2D eigenvalue weighted by Crippen LogP contribution is -2.15. The predicted molar refractivity (Wildman–Crippen MR) is 99.7 cm³/mol. The fourth-order valence-corrected chi connectivity index (χ4v) is 3.27. The third-order valence-electron chi connectivity index (χ3n) is 4.48. The summed E-state index contributed by atoms with van der Waals surface area (Å²) in [6, 6.07) is 4.11. The Morgan fingerprint density at radius 1 is 1.17 bits per heavy atom. The zero-order chi connectivity index (χ0) is 21.5. The van der Waals surface area contributed by atoms with Crippen molar-refractivity contribution in [3.8, 4) is 5.75 Å². The second kappa shape index (κ2) is 7.79. The van der Waals surface area contributed by atoms with Crippen LogP contribution in [0.25, 0.3) is 10.9 Å². The highest BCUT2D eigenvalue weighted by molar-refractivity contribution is 6.30. The first-order valence-corrected chi connectivity index (χ1v) is 8.91. The van der Waals surface area contributed by atoms with Crippen LogP contribution in [-0.2, 0) is 16.0 Å². The standard InChI is InChI=1S/C20H15ClF3NO4/c1-3-29-16(26)7-11-9(2)25(15-8-14(23)19(27)18(24)17(11)15)20(28)10-4-5-12(21)13(22)6-10/h4-6,8,27H,3,7H2,1-2H3. The van der Waals surface area contributed by atoms with Gasteiger partial charge in [-0.2, -0.15) is 0 Å². The van der Waals surface area contributed by atoms with E-state index < -0.39 is 41.5 Å². The molecule has 0 saturated carbocycles. The molecule has 0 radical (unpaired) electrons. The highest BCUT2D eigenvalue weighted by Crippen LogP contribution is 2.35. The molecule has 1 aromatic heterocycles. The molecule has 0 bridgehead atoms. The van der Waals surface area contributed by atoms with Gasteiger partial charge in [0.2, 0.25) is 0 Å². The Labute approximate surface area is 168 Å². The number of benzene rings is 2. The maximum Gasteiger partial charge on any atom is 0.310 e. The van der Waals surface area contributed by atoms with Crippen LogP contribution in [0.15, 0.2) is 24.3 Å². The van der Waals surface area contributed by atoms with E-state index >= 15 is 0 Å². The monoisotopic (exact) mass is 425 g/mol. The lowest BCUT2D eigenvalue weighted by molar-refractivity contribution is -0.142. The normalized spacial score (nSPS) is 11.1. The van der Waals surface area contributed by atoms with Crippen molar-refractivity contribution in [3.05, 3.63) is 63.6 Å². The SMILES string of the molecule is CCOC(=O)Cc1c(C)n(C(=O)c2ccc(Cl)c(F)c2)c2cc(F)c(O)c(F)c12. The Morgan fingerprint density at radius 3 is 2.48 bits per heavy atom. The van der Waals surface area contributed by atoms with Crippen LogP contribution < -0.4 is 0 Å². The lowest BCUT2D eigenvalue weighted by atomic mass is 10.1. The number of phenols is 1. The van der Waals surface area contributed by atoms with Crippen molar-refractivity contribution in [2.75, 3.05) is 6.61 Å². The summed E-state index contributed by atoms with van der Waals surface area (Å²) < 4.78 is 48.3. The molecular weight excluding hydrogens is 411 g/mol. The number of ether oxygens (including phenoxy) is 1. The summed E-state index contributed by atoms with van der Waals surface area (Å²) in [6.07, 6.45) is -0.409. The van der Waals surface area contributed by atoms with Gasteiger partial charge in [-0.25, -0.2) is 13.2 Å². The van der Waals surface area contributed by atoms with Crippen molar-refractivity contribution in [2.45, 2.75) is 20.3 Å². The molecule has 3 aromatic rings. The molecule has 152 valence electrons. The third-order valence-corrected chi connectivity index (χ3v) is 4.79. The molecule has 29 heavy (non-hydrogen) atoms. The molecular formula is C20H15ClF3NO4. The Balaban J connectivity index is 2.29. The van der Waals surface area contributed by atoms with E-state index in [2.05, 4.69) is 0 Å². The Morgan fingerprint density at radius 2 is 1.86 bits per heavy atom. The van der Waals surface area contributed by atoms with Gasteiger partial charge in [-0.05, 0) is 37.6 Å². The molecule has 1 heterocycles. The Kier molecular flexibility index (Phi) is 5.57. The van der Waals surface area contributed by atoms with Gasteiger partial charge in [0.05, 0.1) is 23.6 Å². The van der Waals surface area contributed by atoms with E-state index in [1.807, 2.05) is 0 Å². The number of halogens is 4. The number of esters is 1. The molecule has 0 spiro atoms. The number of fused-ring (bicyclic) bond motifs is 1. The van der Waals surface area contributed by atoms with Crippen LogP contribution in [0.3, 0.4) is 0 Å². The average Bonchev–Trinajstić information content (AvgIpc) is 2.93. The summed E-state index contributed by atoms with van der Waals surface area (Å²) in [5, 5.41) is 9.18. The topological polar surface area (TPSA) is 68.5 Å². The minimum absolute atomic E-state index is 0.0500. The molecule has 0 saturated heterocycles. The van der Waals surface area contributed by atoms with Crippen LogP contribution in [0.1, 0.15) is 28.5 Å². The summed E-state index contributed by atoms with van der Waals surface area (Å²) in [4.78, 5) is 25.0. The molecule has 0 atom stereocenters. The van der Waals surface area contributed by atoms with E-state index in [-0.39, 0.29) is 39.4 Å². The molecule has 1 N–H and O–H groups in total. The van der Waals surface area contributed by atoms with Gasteiger partial charge in [-0.1, -0.05) is 11.6 Å². The number of hydrogen-bond acceptors (Lipinski definition) is 4. The van der Waals surface area contributed by atoms with Crippen LogP contribution >= 0.6 is 11.6 Å². The van der Waals surface area contributed by atoms with Gasteiger partial charge in [-0.3, -0.25) is 14.2 Å². The molecule has 0 unspecified atom stereocenters. The van der Waals surface area contributed by atoms with Crippen molar-refractivity contribution in [2.24, 2.45) is 0 Å². The zero-order valence-electron chi connectivity index (χ0n) is 15.4. The fourth-order valence-electron chi connectivity index (χ4n) is 3.15. The minimum Gasteiger partial charge on any atom is -0.503 e. The first-order valence-electron chi connectivity index (χ1n) is 8.53. The highest BCUT2D eigenvalue weighted by Gasteiger charge is 2.27. The molecule has 0 aliphatic heterocycles. The average molecular weight is 426 g/mol. The van der Waals surface area contributed by atoms with Crippen LogP contribution in [-0.4, -0.2) is 28.2 Å². The van der Waals surface area contributed by atoms with Crippen LogP contribution in [0.5, 0.6) is 5.75 Å². The highest BCUT2D eigenvalue weighted by atomic mass is 35.5. The smallest absolute Gasteiger partial charge is 0.310 e. The number of rotatable bonds is 4. The molecule has 0 aliphatic carbocycles. The van der Waals surface area contributed by atoms with Gasteiger partial charge in [-0.15, -0.1) is 0 Å². The number of nitrogens with zero attached hydrogens (tertiary/aromatic N) is 1. The van der Waals surface area contributed by atoms with E-state index in [0.717, 1.165) is 16.7 Å². The quantitative estimate of drug-likeness (QED) is 0.624. The van der Waals surface area contributed by atoms with Gasteiger partial charge >= 0.3 is 5.97 Å². The number of carbonyl (C=O) groups is 2. The molecule has 2 aromatic carbocycles. The second-order valence-electron chi connectivity index (χ2n) is 6.23. The number of phenolic OH excluding ortho intramolecular Hbond substituents is 1. The number of aromatic hydroxyl groups is 1. The summed E-state index contributed by atoms with van der Waals surface area (Å²) in [5.41, 5.74) is -0.162. The van der Waals surface area contributed by atoms with Crippen LogP contribution in [0.4, 0.5) is 13.2 Å². The van der Waals surface area contributed by atoms with Gasteiger partial charge < -0.3 is 9.84 Å². The lowest BCUT2D eigenvalue weighted by Gasteiger charge is -2.08. The van der Waals surface area contributed by atoms with Gasteiger partial charge in [0.1, 0.15) is 5.82 Å². The molecule has 0 amide bonds. The van der Waals surface area contributed by atoms with Crippen molar-refractivity contribution < 1.29 is 32.6 Å². The summed E-state index contributed by atoms with van der Waals surface area (Å²) >= 11 is 5.64. The van der Waals surface area contributed by atoms with Gasteiger partial charge in [0.25, 0.3) is 5.91 Å². The second-order valence-corrected chi connectivity index (χ2v) is 6.64. The van der Waals surface area contributed by atoms with E-state index in [9.17, 15) is 27.9 Å². The fraction of sp³-hybridized carbons (Fsp3) is 0.200. The van der Waals surface area contributed by atoms with Gasteiger partial charge in [0, 0.05) is 22.7 Å². The largest absolute Gasteiger partial charge is 0.503 e. The van der Waals surface area contributed by atoms with E-state index in [1.54, 1.807) is 6.92 Å². The van der Waals surface area contributed by atoms with Crippen molar-refractivity contribution in [3.63, 3.8) is 0 Å². The summed E-state index contributed by atoms with van der Waals surface area (Å²) in [6.45, 7) is 3.10. The zero-order valence-corrected chi connectivity index (χ0v) is 16.1. The van der Waals surface area contributed by atoms with E-state index in [1.165, 1.54) is 19.1 Å². The van der Waals surface area contributed by atoms with Crippen molar-refractivity contribution in [1.29, 1.82) is 0 Å². The third kappa shape index (κ3) is 3.55. The molecule has 5 nitrogen and oxygen atoms in total. The van der Waals surface area contributed by atoms with Crippen molar-refractivity contribution >= 4 is 34.4 Å². The maximum absolute atomic E-state index is 14.7. The maximum atomic E-state index is 14.7. The Hall–Kier alpha value is -3.00. The molecule has 9 heteroatoms. The number of aromatic nitrogens is 1. The first kappa shape index (κ1) is 20.7. The van der Waals surface area contributed by atoms with Gasteiger partial charge in [0.15, 0.2) is 17.4 Å². The first-order chi connectivity index (χ1) is 13.7. The number of hydrogen-bond donors (Lipinski definition) is 1. The molecule has 3 rings (SSSR count). The van der Waals surface area contributed by atoms with E-state index in [4.69, 9.17) is 16.3 Å². The van der Waals surface area contributed by atoms with Crippen LogP contribution in [0, 0.1) is 24.4 Å². The summed E-state index contributed by atoms with van der Waals surface area (Å²) in [7, 11) is 0. The van der Waals surface area contributed by atoms with Crippen molar-refractivity contribution in [1.82, 2.24) is 4.57 Å². The predicted octanol–water partition coefficient (Wildman–Crippen LogP) is 4.52. The summed E-state index contributed by atoms with van der Waals surface area (Å²) in [5.74, 6) is -6.15. The molecule has 0 fully saturated rings.